The van der Waals surface area contributed by atoms with Crippen LogP contribution in [0.15, 0.2) is 53.3 Å². The van der Waals surface area contributed by atoms with Gasteiger partial charge in [0.2, 0.25) is 0 Å². The molecule has 2 aromatic carbocycles. The quantitative estimate of drug-likeness (QED) is 0.786. The van der Waals surface area contributed by atoms with Gasteiger partial charge < -0.3 is 4.74 Å². The summed E-state index contributed by atoms with van der Waals surface area (Å²) in [5.41, 5.74) is 1.12. The van der Waals surface area contributed by atoms with Gasteiger partial charge in [-0.2, -0.15) is 5.10 Å². The van der Waals surface area contributed by atoms with E-state index in [9.17, 15) is 9.18 Å². The number of methoxy groups -OCH3 is 1. The van der Waals surface area contributed by atoms with Crippen molar-refractivity contribution in [1.29, 1.82) is 0 Å². The fourth-order valence-electron chi connectivity index (χ4n) is 2.37. The zero-order chi connectivity index (χ0) is 16.2. The summed E-state index contributed by atoms with van der Waals surface area (Å²) in [5, 5.41) is 6.45. The maximum absolute atomic E-state index is 13.8. The lowest BCUT2D eigenvalue weighted by Crippen LogP contribution is -2.20. The third-order valence-electron chi connectivity index (χ3n) is 3.64. The Balaban J connectivity index is 1.86. The summed E-state index contributed by atoms with van der Waals surface area (Å²) in [7, 11) is 1.60. The molecule has 3 aromatic rings. The van der Waals surface area contributed by atoms with Gasteiger partial charge >= 0.3 is 5.69 Å². The Labute approximate surface area is 132 Å². The van der Waals surface area contributed by atoms with Crippen molar-refractivity contribution in [2.24, 2.45) is 0 Å². The van der Waals surface area contributed by atoms with E-state index in [1.165, 1.54) is 10.6 Å². The van der Waals surface area contributed by atoms with Crippen LogP contribution in [0.25, 0.3) is 0 Å². The molecule has 3 rings (SSSR count). The fourth-order valence-corrected chi connectivity index (χ4v) is 2.37. The predicted molar refractivity (Wildman–Crippen MR) is 84.1 cm³/mol. The lowest BCUT2D eigenvalue weighted by atomic mass is 10.1. The van der Waals surface area contributed by atoms with Crippen LogP contribution in [-0.4, -0.2) is 21.9 Å². The zero-order valence-electron chi connectivity index (χ0n) is 12.6. The zero-order valence-corrected chi connectivity index (χ0v) is 12.6. The molecule has 0 aliphatic rings. The maximum atomic E-state index is 13.8. The molecular weight excluding hydrogens is 297 g/mol. The molecular formula is C17H16FN3O2. The van der Waals surface area contributed by atoms with E-state index in [1.54, 1.807) is 25.3 Å². The number of aromatic amines is 1. The number of ether oxygens (including phenoxy) is 1. The van der Waals surface area contributed by atoms with E-state index in [4.69, 9.17) is 4.74 Å². The van der Waals surface area contributed by atoms with Crippen LogP contribution in [0.5, 0.6) is 5.75 Å². The summed E-state index contributed by atoms with van der Waals surface area (Å²) in [4.78, 5) is 12.0. The lowest BCUT2D eigenvalue weighted by Gasteiger charge is -2.07. The number of aromatic nitrogens is 3. The van der Waals surface area contributed by atoms with Crippen molar-refractivity contribution in [2.45, 2.75) is 13.0 Å². The van der Waals surface area contributed by atoms with Crippen molar-refractivity contribution in [3.8, 4) is 5.75 Å². The van der Waals surface area contributed by atoms with Gasteiger partial charge in [0.1, 0.15) is 17.4 Å². The smallest absolute Gasteiger partial charge is 0.343 e. The molecule has 1 aromatic heterocycles. The SMILES string of the molecule is COc1ccc(Cn2c(Cc3ccccc3F)n[nH]c2=O)cc1. The van der Waals surface area contributed by atoms with Gasteiger partial charge in [0, 0.05) is 6.42 Å². The van der Waals surface area contributed by atoms with Gasteiger partial charge in [-0.25, -0.2) is 14.3 Å². The van der Waals surface area contributed by atoms with Gasteiger partial charge in [0.25, 0.3) is 0 Å². The molecule has 1 N–H and O–H groups in total. The number of rotatable bonds is 5. The maximum Gasteiger partial charge on any atom is 0.343 e. The largest absolute Gasteiger partial charge is 0.497 e. The minimum atomic E-state index is -0.313. The summed E-state index contributed by atoms with van der Waals surface area (Å²) >= 11 is 0. The fraction of sp³-hybridized carbons (Fsp3) is 0.176. The first-order valence-electron chi connectivity index (χ1n) is 7.18. The summed E-state index contributed by atoms with van der Waals surface area (Å²) in [6.07, 6.45) is 0.252. The monoisotopic (exact) mass is 313 g/mol. The molecule has 0 unspecified atom stereocenters. The first-order valence-corrected chi connectivity index (χ1v) is 7.18. The normalized spacial score (nSPS) is 10.7. The van der Waals surface area contributed by atoms with Crippen LogP contribution >= 0.6 is 0 Å². The number of nitrogens with one attached hydrogen (secondary N) is 1. The van der Waals surface area contributed by atoms with E-state index >= 15 is 0 Å². The standard InChI is InChI=1S/C17H16FN3O2/c1-23-14-8-6-12(7-9-14)11-21-16(19-20-17(21)22)10-13-4-2-3-5-15(13)18/h2-9H,10-11H2,1H3,(H,20,22). The Hall–Kier alpha value is -2.89. The second-order valence-corrected chi connectivity index (χ2v) is 5.15. The van der Waals surface area contributed by atoms with Gasteiger partial charge in [-0.15, -0.1) is 0 Å². The summed E-state index contributed by atoms with van der Waals surface area (Å²) in [5.74, 6) is 0.940. The second kappa shape index (κ2) is 6.48. The van der Waals surface area contributed by atoms with E-state index < -0.39 is 0 Å². The van der Waals surface area contributed by atoms with Crippen molar-refractivity contribution in [3.63, 3.8) is 0 Å². The van der Waals surface area contributed by atoms with Crippen LogP contribution in [0.3, 0.4) is 0 Å². The van der Waals surface area contributed by atoms with E-state index in [1.807, 2.05) is 24.3 Å². The Morgan fingerprint density at radius 3 is 2.61 bits per heavy atom. The highest BCUT2D eigenvalue weighted by molar-refractivity contribution is 5.28. The van der Waals surface area contributed by atoms with Crippen molar-refractivity contribution in [3.05, 3.63) is 81.8 Å². The third-order valence-corrected chi connectivity index (χ3v) is 3.64. The van der Waals surface area contributed by atoms with Crippen LogP contribution in [-0.2, 0) is 13.0 Å². The molecule has 0 spiro atoms. The van der Waals surface area contributed by atoms with E-state index in [-0.39, 0.29) is 17.9 Å². The first-order chi connectivity index (χ1) is 11.2. The molecule has 0 saturated carbocycles. The van der Waals surface area contributed by atoms with Crippen molar-refractivity contribution < 1.29 is 9.13 Å². The molecule has 0 bridgehead atoms. The average Bonchev–Trinajstić information content (AvgIpc) is 2.91. The predicted octanol–water partition coefficient (Wildman–Crippen LogP) is 2.36. The van der Waals surface area contributed by atoms with Gasteiger partial charge in [0.05, 0.1) is 13.7 Å². The van der Waals surface area contributed by atoms with Crippen molar-refractivity contribution in [1.82, 2.24) is 14.8 Å². The first kappa shape index (κ1) is 15.0. The molecule has 0 aliphatic carbocycles. The molecule has 0 radical (unpaired) electrons. The van der Waals surface area contributed by atoms with Crippen LogP contribution in [0, 0.1) is 5.82 Å². The topological polar surface area (TPSA) is 59.9 Å². The van der Waals surface area contributed by atoms with E-state index in [2.05, 4.69) is 10.2 Å². The molecule has 0 aliphatic heterocycles. The molecule has 0 amide bonds. The molecule has 0 atom stereocenters. The van der Waals surface area contributed by atoms with Crippen molar-refractivity contribution in [2.75, 3.05) is 7.11 Å². The summed E-state index contributed by atoms with van der Waals surface area (Å²) in [6, 6.07) is 13.9. The minimum absolute atomic E-state index is 0.252. The number of H-pyrrole nitrogens is 1. The van der Waals surface area contributed by atoms with Crippen LogP contribution in [0.2, 0.25) is 0 Å². The Morgan fingerprint density at radius 1 is 1.17 bits per heavy atom. The number of benzene rings is 2. The van der Waals surface area contributed by atoms with Gasteiger partial charge in [-0.3, -0.25) is 4.57 Å². The Morgan fingerprint density at radius 2 is 1.91 bits per heavy atom. The highest BCUT2D eigenvalue weighted by Gasteiger charge is 2.12. The van der Waals surface area contributed by atoms with Crippen molar-refractivity contribution >= 4 is 0 Å². The lowest BCUT2D eigenvalue weighted by molar-refractivity contribution is 0.414. The summed E-state index contributed by atoms with van der Waals surface area (Å²) < 4.78 is 20.4. The van der Waals surface area contributed by atoms with Gasteiger partial charge in [-0.1, -0.05) is 30.3 Å². The Bertz CT molecular complexity index is 853. The van der Waals surface area contributed by atoms with Crippen LogP contribution in [0.4, 0.5) is 4.39 Å². The number of hydrogen-bond acceptors (Lipinski definition) is 3. The number of nitrogens with zero attached hydrogens (tertiary/aromatic N) is 2. The van der Waals surface area contributed by atoms with Crippen LogP contribution in [0.1, 0.15) is 17.0 Å². The number of hydrogen-bond donors (Lipinski definition) is 1. The second-order valence-electron chi connectivity index (χ2n) is 5.15. The number of halogens is 1. The summed E-state index contributed by atoms with van der Waals surface area (Å²) in [6.45, 7) is 0.364. The third kappa shape index (κ3) is 3.31. The average molecular weight is 313 g/mol. The molecule has 1 heterocycles. The molecule has 6 heteroatoms. The van der Waals surface area contributed by atoms with Gasteiger partial charge in [0.15, 0.2) is 0 Å². The molecule has 5 nitrogen and oxygen atoms in total. The highest BCUT2D eigenvalue weighted by atomic mass is 19.1. The molecule has 23 heavy (non-hydrogen) atoms. The molecule has 118 valence electrons. The molecule has 0 fully saturated rings. The minimum Gasteiger partial charge on any atom is -0.497 e. The van der Waals surface area contributed by atoms with Crippen LogP contribution < -0.4 is 10.4 Å². The van der Waals surface area contributed by atoms with E-state index in [0.29, 0.717) is 17.9 Å². The molecule has 0 saturated heterocycles. The highest BCUT2D eigenvalue weighted by Crippen LogP contribution is 2.14. The van der Waals surface area contributed by atoms with E-state index in [0.717, 1.165) is 11.3 Å². The Kier molecular flexibility index (Phi) is 4.23. The van der Waals surface area contributed by atoms with Gasteiger partial charge in [-0.05, 0) is 29.3 Å².